The van der Waals surface area contributed by atoms with Crippen molar-refractivity contribution in [3.05, 3.63) is 56.7 Å². The Hall–Kier alpha value is -2.91. The van der Waals surface area contributed by atoms with E-state index in [9.17, 15) is 19.7 Å². The Labute approximate surface area is 165 Å². The van der Waals surface area contributed by atoms with Gasteiger partial charge in [-0.25, -0.2) is 0 Å². The Balaban J connectivity index is 1.79. The first-order valence-electron chi connectivity index (χ1n) is 8.50. The highest BCUT2D eigenvalue weighted by Gasteiger charge is 2.34. The van der Waals surface area contributed by atoms with Crippen LogP contribution in [0.15, 0.2) is 39.7 Å². The average Bonchev–Trinajstić information content (AvgIpc) is 3.22. The summed E-state index contributed by atoms with van der Waals surface area (Å²) in [6.45, 7) is 2.43. The summed E-state index contributed by atoms with van der Waals surface area (Å²) in [5.41, 5.74) is 1.12. The molecule has 2 heterocycles. The molecule has 0 unspecified atom stereocenters. The number of furan rings is 1. The molecule has 0 N–H and O–H groups in total. The average molecular weight is 402 g/mol. The van der Waals surface area contributed by atoms with Crippen molar-refractivity contribution in [2.45, 2.75) is 13.3 Å². The molecule has 1 fully saturated rings. The first kappa shape index (κ1) is 19.8. The minimum atomic E-state index is -0.442. The molecule has 0 radical (unpaired) electrons. The van der Waals surface area contributed by atoms with E-state index in [-0.39, 0.29) is 21.7 Å². The monoisotopic (exact) mass is 402 g/mol. The second-order valence-corrected chi connectivity index (χ2v) is 7.13. The predicted octanol–water partition coefficient (Wildman–Crippen LogP) is 4.24. The molecule has 9 heteroatoms. The fraction of sp³-hybridized carbons (Fsp3) is 0.263. The van der Waals surface area contributed by atoms with Gasteiger partial charge < -0.3 is 9.15 Å². The SMILES string of the molecule is COCCCN1C(=O)S/C(=C/c2ccc(-c3ccc(C)c([N+](=O)[O-])c3)o2)C1=O. The lowest BCUT2D eigenvalue weighted by Gasteiger charge is -2.11. The number of hydrogen-bond donors (Lipinski definition) is 0. The lowest BCUT2D eigenvalue weighted by molar-refractivity contribution is -0.385. The second-order valence-electron chi connectivity index (χ2n) is 6.14. The molecule has 0 spiro atoms. The van der Waals surface area contributed by atoms with E-state index in [2.05, 4.69) is 0 Å². The summed E-state index contributed by atoms with van der Waals surface area (Å²) in [4.78, 5) is 36.6. The Kier molecular flexibility index (Phi) is 5.96. The number of nitrogens with zero attached hydrogens (tertiary/aromatic N) is 2. The zero-order valence-electron chi connectivity index (χ0n) is 15.3. The molecule has 0 aliphatic carbocycles. The van der Waals surface area contributed by atoms with Gasteiger partial charge in [-0.15, -0.1) is 0 Å². The molecule has 28 heavy (non-hydrogen) atoms. The molecule has 2 amide bonds. The summed E-state index contributed by atoms with van der Waals surface area (Å²) in [7, 11) is 1.56. The maximum absolute atomic E-state index is 12.4. The molecule has 1 aliphatic rings. The summed E-state index contributed by atoms with van der Waals surface area (Å²) in [5, 5.41) is 10.8. The van der Waals surface area contributed by atoms with E-state index in [4.69, 9.17) is 9.15 Å². The molecule has 1 aromatic carbocycles. The maximum atomic E-state index is 12.4. The van der Waals surface area contributed by atoms with Gasteiger partial charge in [0.15, 0.2) is 0 Å². The van der Waals surface area contributed by atoms with Gasteiger partial charge >= 0.3 is 0 Å². The van der Waals surface area contributed by atoms with Crippen LogP contribution in [0.4, 0.5) is 10.5 Å². The standard InChI is InChI=1S/C19H18N2O6S/c1-12-4-5-13(10-15(12)21(24)25)16-7-6-14(27-16)11-17-18(22)20(19(23)28-17)8-3-9-26-2/h4-7,10-11H,3,8-9H2,1-2H3/b17-11+. The van der Waals surface area contributed by atoms with Gasteiger partial charge in [0.05, 0.1) is 9.83 Å². The number of amides is 2. The van der Waals surface area contributed by atoms with E-state index >= 15 is 0 Å². The molecule has 1 aromatic heterocycles. The van der Waals surface area contributed by atoms with Gasteiger partial charge in [-0.05, 0) is 37.2 Å². The van der Waals surface area contributed by atoms with Crippen molar-refractivity contribution in [1.82, 2.24) is 4.90 Å². The fourth-order valence-corrected chi connectivity index (χ4v) is 3.58. The predicted molar refractivity (Wildman–Crippen MR) is 105 cm³/mol. The zero-order valence-corrected chi connectivity index (χ0v) is 16.2. The van der Waals surface area contributed by atoms with Crippen LogP contribution in [-0.2, 0) is 9.53 Å². The molecule has 8 nitrogen and oxygen atoms in total. The van der Waals surface area contributed by atoms with Crippen LogP contribution in [0.3, 0.4) is 0 Å². The van der Waals surface area contributed by atoms with Crippen LogP contribution in [0, 0.1) is 17.0 Å². The van der Waals surface area contributed by atoms with Gasteiger partial charge in [0.25, 0.3) is 16.8 Å². The summed E-state index contributed by atoms with van der Waals surface area (Å²) in [6, 6.07) is 8.15. The van der Waals surface area contributed by atoms with Gasteiger partial charge in [0, 0.05) is 43.5 Å². The van der Waals surface area contributed by atoms with E-state index in [1.807, 2.05) is 0 Å². The first-order chi connectivity index (χ1) is 13.4. The van der Waals surface area contributed by atoms with Gasteiger partial charge in [-0.2, -0.15) is 0 Å². The third kappa shape index (κ3) is 4.15. The molecule has 0 bridgehead atoms. The number of thioether (sulfide) groups is 1. The van der Waals surface area contributed by atoms with Crippen molar-refractivity contribution >= 4 is 34.7 Å². The van der Waals surface area contributed by atoms with E-state index in [1.165, 1.54) is 17.0 Å². The molecule has 2 aromatic rings. The summed E-state index contributed by atoms with van der Waals surface area (Å²) in [5.74, 6) is 0.462. The van der Waals surface area contributed by atoms with Crippen molar-refractivity contribution in [3.63, 3.8) is 0 Å². The molecule has 3 rings (SSSR count). The normalized spacial score (nSPS) is 15.6. The van der Waals surface area contributed by atoms with Crippen molar-refractivity contribution in [3.8, 4) is 11.3 Å². The minimum absolute atomic E-state index is 0.00706. The third-order valence-corrected chi connectivity index (χ3v) is 5.10. The number of nitro groups is 1. The molecule has 1 aliphatic heterocycles. The number of carbonyl (C=O) groups is 2. The van der Waals surface area contributed by atoms with Crippen molar-refractivity contribution < 1.29 is 23.7 Å². The second kappa shape index (κ2) is 8.41. The maximum Gasteiger partial charge on any atom is 0.293 e. The summed E-state index contributed by atoms with van der Waals surface area (Å²) < 4.78 is 10.7. The van der Waals surface area contributed by atoms with Crippen LogP contribution in [0.5, 0.6) is 0 Å². The number of rotatable bonds is 7. The van der Waals surface area contributed by atoms with E-state index in [0.717, 1.165) is 11.8 Å². The van der Waals surface area contributed by atoms with E-state index < -0.39 is 4.92 Å². The van der Waals surface area contributed by atoms with Crippen molar-refractivity contribution in [2.24, 2.45) is 0 Å². The van der Waals surface area contributed by atoms with Crippen molar-refractivity contribution in [2.75, 3.05) is 20.3 Å². The first-order valence-corrected chi connectivity index (χ1v) is 9.32. The van der Waals surface area contributed by atoms with E-state index in [0.29, 0.717) is 42.2 Å². The quantitative estimate of drug-likeness (QED) is 0.295. The van der Waals surface area contributed by atoms with Crippen LogP contribution in [0.2, 0.25) is 0 Å². The highest BCUT2D eigenvalue weighted by Crippen LogP contribution is 2.34. The number of carbonyl (C=O) groups excluding carboxylic acids is 2. The van der Waals surface area contributed by atoms with Crippen LogP contribution in [0.25, 0.3) is 17.4 Å². The Morgan fingerprint density at radius 1 is 1.29 bits per heavy atom. The van der Waals surface area contributed by atoms with Crippen LogP contribution >= 0.6 is 11.8 Å². The molecule has 146 valence electrons. The smallest absolute Gasteiger partial charge is 0.293 e. The molecular weight excluding hydrogens is 384 g/mol. The highest BCUT2D eigenvalue weighted by atomic mass is 32.2. The third-order valence-electron chi connectivity index (χ3n) is 4.19. The van der Waals surface area contributed by atoms with Gasteiger partial charge in [-0.1, -0.05) is 12.1 Å². The van der Waals surface area contributed by atoms with Crippen LogP contribution in [-0.4, -0.2) is 41.2 Å². The van der Waals surface area contributed by atoms with Crippen LogP contribution in [0.1, 0.15) is 17.7 Å². The molecule has 1 saturated heterocycles. The number of hydrogen-bond acceptors (Lipinski definition) is 7. The van der Waals surface area contributed by atoms with Gasteiger partial charge in [-0.3, -0.25) is 24.6 Å². The van der Waals surface area contributed by atoms with Gasteiger partial charge in [0.1, 0.15) is 11.5 Å². The topological polar surface area (TPSA) is 103 Å². The number of methoxy groups -OCH3 is 1. The Bertz CT molecular complexity index is 965. The fourth-order valence-electron chi connectivity index (χ4n) is 2.73. The summed E-state index contributed by atoms with van der Waals surface area (Å²) >= 11 is 0.856. The van der Waals surface area contributed by atoms with E-state index in [1.54, 1.807) is 38.3 Å². The zero-order chi connectivity index (χ0) is 20.3. The largest absolute Gasteiger partial charge is 0.457 e. The van der Waals surface area contributed by atoms with Crippen molar-refractivity contribution in [1.29, 1.82) is 0 Å². The molecule has 0 atom stereocenters. The number of aryl methyl sites for hydroxylation is 1. The number of nitro benzene ring substituents is 1. The molecular formula is C19H18N2O6S. The Morgan fingerprint density at radius 2 is 2.07 bits per heavy atom. The highest BCUT2D eigenvalue weighted by molar-refractivity contribution is 8.18. The van der Waals surface area contributed by atoms with Crippen LogP contribution < -0.4 is 0 Å². The number of benzene rings is 1. The van der Waals surface area contributed by atoms with Gasteiger partial charge in [0.2, 0.25) is 0 Å². The number of imide groups is 1. The lowest BCUT2D eigenvalue weighted by atomic mass is 10.1. The number of ether oxygens (including phenoxy) is 1. The Morgan fingerprint density at radius 3 is 2.79 bits per heavy atom. The summed E-state index contributed by atoms with van der Waals surface area (Å²) in [6.07, 6.45) is 2.08. The lowest BCUT2D eigenvalue weighted by Crippen LogP contribution is -2.29. The minimum Gasteiger partial charge on any atom is -0.457 e. The molecule has 0 saturated carbocycles.